The molecule has 0 radical (unpaired) electrons. The van der Waals surface area contributed by atoms with Crippen molar-refractivity contribution in [2.45, 2.75) is 103 Å². The summed E-state index contributed by atoms with van der Waals surface area (Å²) in [7, 11) is 0.793. The van der Waals surface area contributed by atoms with E-state index >= 15 is 0 Å². The first-order valence-corrected chi connectivity index (χ1v) is 28.8. The summed E-state index contributed by atoms with van der Waals surface area (Å²) in [6.45, 7) is 19.6. The van der Waals surface area contributed by atoms with Crippen LogP contribution in [0.5, 0.6) is 0 Å². The lowest BCUT2D eigenvalue weighted by molar-refractivity contribution is 0.332. The van der Waals surface area contributed by atoms with E-state index < -0.39 is 0 Å². The second-order valence-corrected chi connectivity index (χ2v) is 25.9. The van der Waals surface area contributed by atoms with Crippen molar-refractivity contribution < 1.29 is 0 Å². The number of anilines is 5. The average molecular weight is 1020 g/mol. The van der Waals surface area contributed by atoms with Gasteiger partial charge in [0.2, 0.25) is 0 Å². The lowest BCUT2D eigenvalue weighted by atomic mass is 9.55. The Morgan fingerprint density at radius 1 is 0.405 bits per heavy atom. The van der Waals surface area contributed by atoms with Gasteiger partial charge in [0.25, 0.3) is 0 Å². The Balaban J connectivity index is 1.10. The Kier molecular flexibility index (Phi) is 10.4. The Morgan fingerprint density at radius 2 is 0.949 bits per heavy atom. The summed E-state index contributed by atoms with van der Waals surface area (Å²) < 4.78 is 5.29. The highest BCUT2D eigenvalue weighted by Gasteiger charge is 2.41. The van der Waals surface area contributed by atoms with Crippen LogP contribution < -0.4 is 21.1 Å². The molecule has 0 spiro atoms. The third-order valence-electron chi connectivity index (χ3n) is 19.2. The van der Waals surface area contributed by atoms with Gasteiger partial charge in [-0.2, -0.15) is 0 Å². The molecule has 0 atom stereocenters. The minimum atomic E-state index is 0.0386. The summed E-state index contributed by atoms with van der Waals surface area (Å²) in [5, 5.41) is 11.7. The van der Waals surface area contributed by atoms with Crippen molar-refractivity contribution in [3.8, 4) is 22.5 Å². The number of fused-ring (bicyclic) bond motifs is 11. The van der Waals surface area contributed by atoms with Gasteiger partial charge in [0.05, 0.1) is 27.8 Å². The van der Waals surface area contributed by atoms with E-state index in [1.165, 1.54) is 111 Å². The smallest absolute Gasteiger partial charge is 0.198 e. The van der Waals surface area contributed by atoms with Crippen LogP contribution in [0.25, 0.3) is 76.9 Å². The van der Waals surface area contributed by atoms with Crippen molar-refractivity contribution in [1.29, 1.82) is 0 Å². The zero-order valence-corrected chi connectivity index (χ0v) is 46.9. The lowest BCUT2D eigenvalue weighted by Crippen LogP contribution is -2.41. The maximum atomic E-state index is 4.17. The minimum absolute atomic E-state index is 0.0386. The molecular weight excluding hydrogens is 956 g/mol. The minimum Gasteiger partial charge on any atom is -0.355 e. The van der Waals surface area contributed by atoms with E-state index in [4.69, 9.17) is 0 Å². The molecule has 0 bridgehead atoms. The van der Waals surface area contributed by atoms with Crippen molar-refractivity contribution in [1.82, 2.24) is 9.13 Å². The van der Waals surface area contributed by atoms with E-state index in [0.29, 0.717) is 0 Å². The predicted molar refractivity (Wildman–Crippen MR) is 339 cm³/mol. The molecule has 1 aliphatic heterocycles. The maximum absolute atomic E-state index is 4.17. The van der Waals surface area contributed by atoms with Gasteiger partial charge in [-0.1, -0.05) is 170 Å². The molecule has 3 aliphatic rings. The summed E-state index contributed by atoms with van der Waals surface area (Å²) in [6.07, 6.45) is 4.66. The van der Waals surface area contributed by atoms with Gasteiger partial charge in [0, 0.05) is 61.2 Å². The van der Waals surface area contributed by atoms with Crippen LogP contribution in [-0.4, -0.2) is 16.4 Å². The predicted octanol–water partition coefficient (Wildman–Crippen LogP) is 18.3. The monoisotopic (exact) mass is 1020 g/mol. The van der Waals surface area contributed by atoms with Crippen LogP contribution in [-0.2, 0) is 21.7 Å². The van der Waals surface area contributed by atoms with Gasteiger partial charge in [-0.25, -0.2) is 0 Å². The molecule has 0 saturated carbocycles. The molecule has 15 rings (SSSR count). The number of benzene rings is 10. The standard InChI is InChI=1S/C74H67BN4/c1-71(2)35-36-72(3,4)58-41-48(31-33-57(58)71)76-62-34-32-51(77(49-23-11-9-12-24-49)50-25-13-10-14-26-50)42-54(62)55-43-67(78-63-29-19-17-27-52(63)53-28-18-20-30-64(53)78)68-56-39-46-21-15-16-22-47(46)40-65(56)79-66-45-60-59(44-61(66)75-69(55)70(68)79)73(5,6)37-38-74(60,7)8/h9-34,39-45,75-76H,35-38H2,1-8H3. The van der Waals surface area contributed by atoms with Gasteiger partial charge in [-0.3, -0.25) is 0 Å². The zero-order valence-electron chi connectivity index (χ0n) is 46.9. The Hall–Kier alpha value is -8.28. The van der Waals surface area contributed by atoms with E-state index in [1.54, 1.807) is 0 Å². The van der Waals surface area contributed by atoms with Crippen molar-refractivity contribution in [2.24, 2.45) is 0 Å². The fourth-order valence-corrected chi connectivity index (χ4v) is 14.6. The third kappa shape index (κ3) is 7.34. The second kappa shape index (κ2) is 17.1. The number of aromatic nitrogens is 2. The number of hydrogen-bond acceptors (Lipinski definition) is 2. The van der Waals surface area contributed by atoms with Crippen LogP contribution in [0, 0.1) is 0 Å². The molecule has 5 heteroatoms. The molecule has 0 fully saturated rings. The van der Waals surface area contributed by atoms with E-state index in [9.17, 15) is 0 Å². The van der Waals surface area contributed by atoms with Crippen LogP contribution in [0.2, 0.25) is 0 Å². The Morgan fingerprint density at radius 3 is 1.58 bits per heavy atom. The lowest BCUT2D eigenvalue weighted by Gasteiger charge is -2.43. The second-order valence-electron chi connectivity index (χ2n) is 25.9. The highest BCUT2D eigenvalue weighted by atomic mass is 15.1. The van der Waals surface area contributed by atoms with Gasteiger partial charge < -0.3 is 19.4 Å². The van der Waals surface area contributed by atoms with Gasteiger partial charge in [-0.15, -0.1) is 0 Å². The summed E-state index contributed by atoms with van der Waals surface area (Å²) in [6, 6.07) is 76.0. The molecule has 2 aromatic heterocycles. The number of hydrogen-bond donors (Lipinski definition) is 1. The fraction of sp³-hybridized carbons (Fsp3) is 0.216. The molecule has 2 aliphatic carbocycles. The van der Waals surface area contributed by atoms with Crippen LogP contribution in [0.15, 0.2) is 200 Å². The molecule has 0 unspecified atom stereocenters. The van der Waals surface area contributed by atoms with Gasteiger partial charge >= 0.3 is 0 Å². The van der Waals surface area contributed by atoms with Crippen LogP contribution in [0.4, 0.5) is 28.4 Å². The van der Waals surface area contributed by atoms with Crippen LogP contribution in [0.3, 0.4) is 0 Å². The van der Waals surface area contributed by atoms with Crippen LogP contribution in [0.1, 0.15) is 103 Å². The molecule has 10 aromatic carbocycles. The molecule has 12 aromatic rings. The van der Waals surface area contributed by atoms with Crippen molar-refractivity contribution >= 4 is 101 Å². The number of para-hydroxylation sites is 4. The summed E-state index contributed by atoms with van der Waals surface area (Å²) in [4.78, 5) is 2.42. The van der Waals surface area contributed by atoms with E-state index in [-0.39, 0.29) is 21.7 Å². The van der Waals surface area contributed by atoms with E-state index in [2.05, 4.69) is 275 Å². The van der Waals surface area contributed by atoms with Crippen molar-refractivity contribution in [3.63, 3.8) is 0 Å². The number of nitrogens with zero attached hydrogens (tertiary/aromatic N) is 3. The normalized spacial score (nSPS) is 16.4. The maximum Gasteiger partial charge on any atom is 0.198 e. The number of nitrogens with one attached hydrogen (secondary N) is 1. The van der Waals surface area contributed by atoms with Crippen molar-refractivity contribution in [3.05, 3.63) is 222 Å². The Labute approximate surface area is 465 Å². The SMILES string of the molecule is CC1(C)CCC(C)(C)c2cc(Nc3ccc(N(c4ccccc4)c4ccccc4)cc3-c3cc(-n4c5ccccc5c5ccccc54)c4c5cc6ccccc6cc5n5c4c3Bc3cc4c(cc3-5)C(C)(C)CCC4(C)C)ccc21. The molecule has 79 heavy (non-hydrogen) atoms. The zero-order chi connectivity index (χ0) is 53.7. The largest absolute Gasteiger partial charge is 0.355 e. The quantitative estimate of drug-likeness (QED) is 0.161. The molecule has 3 heterocycles. The van der Waals surface area contributed by atoms with E-state index in [0.717, 1.165) is 60.5 Å². The molecular formula is C74H67BN4. The van der Waals surface area contributed by atoms with E-state index in [1.807, 2.05) is 0 Å². The third-order valence-corrected chi connectivity index (χ3v) is 19.2. The molecule has 0 amide bonds. The first-order valence-electron chi connectivity index (χ1n) is 28.8. The van der Waals surface area contributed by atoms with Crippen molar-refractivity contribution in [2.75, 3.05) is 10.2 Å². The topological polar surface area (TPSA) is 25.1 Å². The summed E-state index contributed by atoms with van der Waals surface area (Å²) >= 11 is 0. The highest BCUT2D eigenvalue weighted by Crippen LogP contribution is 2.51. The highest BCUT2D eigenvalue weighted by molar-refractivity contribution is 6.73. The molecule has 1 N–H and O–H groups in total. The first kappa shape index (κ1) is 47.9. The molecule has 4 nitrogen and oxygen atoms in total. The van der Waals surface area contributed by atoms with Gasteiger partial charge in [0.15, 0.2) is 7.28 Å². The summed E-state index contributed by atoms with van der Waals surface area (Å²) in [5.41, 5.74) is 24.2. The summed E-state index contributed by atoms with van der Waals surface area (Å²) in [5.74, 6) is 0. The number of rotatable bonds is 7. The average Bonchev–Trinajstić information content (AvgIpc) is 2.50. The molecule has 386 valence electrons. The van der Waals surface area contributed by atoms with Gasteiger partial charge in [-0.05, 0) is 182 Å². The Bertz CT molecular complexity index is 4400. The fourth-order valence-electron chi connectivity index (χ4n) is 14.6. The van der Waals surface area contributed by atoms with Crippen LogP contribution >= 0.6 is 0 Å². The van der Waals surface area contributed by atoms with Gasteiger partial charge in [0.1, 0.15) is 0 Å². The molecule has 0 saturated heterocycles. The first-order chi connectivity index (χ1) is 38.1.